The second-order valence-electron chi connectivity index (χ2n) is 2.81. The number of carbonyl (C=O) groups excluding carboxylic acids is 1. The summed E-state index contributed by atoms with van der Waals surface area (Å²) in [6, 6.07) is 0. The second-order valence-corrected chi connectivity index (χ2v) is 4.96. The van der Waals surface area contributed by atoms with E-state index in [0.29, 0.717) is 13.0 Å². The molecule has 1 aliphatic rings. The van der Waals surface area contributed by atoms with E-state index in [1.807, 2.05) is 0 Å². The Bertz CT molecular complexity index is 235. The minimum atomic E-state index is -3.33. The zero-order valence-electron chi connectivity index (χ0n) is 7.86. The summed E-state index contributed by atoms with van der Waals surface area (Å²) in [5, 5.41) is 0. The number of carbonyl (C=O) groups is 1. The molecular formula is C7H14NO4P. The summed E-state index contributed by atoms with van der Waals surface area (Å²) in [6.45, 7) is 0.456. The maximum atomic E-state index is 11.8. The van der Waals surface area contributed by atoms with E-state index in [1.165, 1.54) is 18.9 Å². The van der Waals surface area contributed by atoms with Crippen LogP contribution in [0.5, 0.6) is 0 Å². The number of hydrogen-bond donors (Lipinski definition) is 0. The van der Waals surface area contributed by atoms with Crippen molar-refractivity contribution in [2.75, 3.05) is 20.8 Å². The van der Waals surface area contributed by atoms with Gasteiger partial charge < -0.3 is 0 Å². The molecule has 1 fully saturated rings. The predicted octanol–water partition coefficient (Wildman–Crippen LogP) is 1.40. The van der Waals surface area contributed by atoms with Crippen LogP contribution in [0.2, 0.25) is 0 Å². The number of nitrogens with zero attached hydrogens (tertiary/aromatic N) is 1. The molecule has 0 aromatic heterocycles. The van der Waals surface area contributed by atoms with Crippen LogP contribution < -0.4 is 0 Å². The average Bonchev–Trinajstić information content (AvgIpc) is 2.17. The molecule has 1 heterocycles. The summed E-state index contributed by atoms with van der Waals surface area (Å²) >= 11 is 0. The zero-order valence-corrected chi connectivity index (χ0v) is 8.75. The molecule has 1 saturated heterocycles. The minimum absolute atomic E-state index is 0.154. The molecule has 0 aromatic rings. The lowest BCUT2D eigenvalue weighted by molar-refractivity contribution is -0.129. The van der Waals surface area contributed by atoms with Gasteiger partial charge in [0.2, 0.25) is 5.91 Å². The molecule has 76 valence electrons. The highest BCUT2D eigenvalue weighted by atomic mass is 31.2. The normalized spacial score (nSPS) is 19.2. The molecule has 1 rings (SSSR count). The molecular weight excluding hydrogens is 193 g/mol. The van der Waals surface area contributed by atoms with Crippen molar-refractivity contribution in [1.82, 2.24) is 4.67 Å². The van der Waals surface area contributed by atoms with Gasteiger partial charge in [-0.15, -0.1) is 0 Å². The van der Waals surface area contributed by atoms with Gasteiger partial charge >= 0.3 is 7.75 Å². The standard InChI is InChI=1S/C7H14NO4P/c1-11-13(10,12-2)8-6-4-3-5-7(8)9/h3-6H2,1-2H3. The van der Waals surface area contributed by atoms with Crippen LogP contribution >= 0.6 is 7.75 Å². The monoisotopic (exact) mass is 207 g/mol. The fourth-order valence-electron chi connectivity index (χ4n) is 1.32. The molecule has 1 amide bonds. The minimum Gasteiger partial charge on any atom is -0.295 e. The van der Waals surface area contributed by atoms with Gasteiger partial charge in [0.15, 0.2) is 0 Å². The summed E-state index contributed by atoms with van der Waals surface area (Å²) in [5.41, 5.74) is 0. The van der Waals surface area contributed by atoms with Crippen molar-refractivity contribution >= 4 is 13.7 Å². The summed E-state index contributed by atoms with van der Waals surface area (Å²) in [4.78, 5) is 11.4. The van der Waals surface area contributed by atoms with Gasteiger partial charge in [0, 0.05) is 27.2 Å². The maximum absolute atomic E-state index is 11.8. The molecule has 1 aliphatic heterocycles. The van der Waals surface area contributed by atoms with Crippen LogP contribution in [0.15, 0.2) is 0 Å². The zero-order chi connectivity index (χ0) is 9.90. The lowest BCUT2D eigenvalue weighted by atomic mass is 10.2. The molecule has 0 saturated carbocycles. The van der Waals surface area contributed by atoms with Gasteiger partial charge in [-0.3, -0.25) is 13.8 Å². The highest BCUT2D eigenvalue weighted by molar-refractivity contribution is 7.52. The van der Waals surface area contributed by atoms with Crippen molar-refractivity contribution in [1.29, 1.82) is 0 Å². The van der Waals surface area contributed by atoms with Crippen molar-refractivity contribution in [3.05, 3.63) is 0 Å². The SMILES string of the molecule is COP(=O)(OC)N1CCCCC1=O. The Morgan fingerprint density at radius 1 is 1.31 bits per heavy atom. The molecule has 0 unspecified atom stereocenters. The van der Waals surface area contributed by atoms with Crippen LogP contribution in [-0.4, -0.2) is 31.3 Å². The number of piperidine rings is 1. The van der Waals surface area contributed by atoms with Crippen molar-refractivity contribution in [3.8, 4) is 0 Å². The Balaban J connectivity index is 2.78. The van der Waals surface area contributed by atoms with E-state index in [-0.39, 0.29) is 5.91 Å². The molecule has 0 N–H and O–H groups in total. The lowest BCUT2D eigenvalue weighted by Crippen LogP contribution is -2.33. The van der Waals surface area contributed by atoms with Crippen LogP contribution in [0.4, 0.5) is 0 Å². The molecule has 0 aromatic carbocycles. The smallest absolute Gasteiger partial charge is 0.295 e. The highest BCUT2D eigenvalue weighted by Gasteiger charge is 2.36. The number of amides is 1. The van der Waals surface area contributed by atoms with E-state index >= 15 is 0 Å². The summed E-state index contributed by atoms with van der Waals surface area (Å²) in [6.07, 6.45) is 2.13. The first kappa shape index (κ1) is 10.7. The summed E-state index contributed by atoms with van der Waals surface area (Å²) < 4.78 is 22.5. The van der Waals surface area contributed by atoms with Gasteiger partial charge in [-0.1, -0.05) is 0 Å². The van der Waals surface area contributed by atoms with Gasteiger partial charge in [0.1, 0.15) is 0 Å². The van der Waals surface area contributed by atoms with E-state index in [2.05, 4.69) is 0 Å². The van der Waals surface area contributed by atoms with Crippen LogP contribution in [0, 0.1) is 0 Å². The van der Waals surface area contributed by atoms with Crippen LogP contribution in [-0.2, 0) is 18.4 Å². The number of rotatable bonds is 3. The van der Waals surface area contributed by atoms with Crippen molar-refractivity contribution in [2.24, 2.45) is 0 Å². The topological polar surface area (TPSA) is 55.8 Å². The largest absolute Gasteiger partial charge is 0.436 e. The van der Waals surface area contributed by atoms with Crippen molar-refractivity contribution < 1.29 is 18.4 Å². The third-order valence-electron chi connectivity index (χ3n) is 2.06. The van der Waals surface area contributed by atoms with Gasteiger partial charge in [0.05, 0.1) is 0 Å². The van der Waals surface area contributed by atoms with Gasteiger partial charge in [-0.2, -0.15) is 0 Å². The van der Waals surface area contributed by atoms with Crippen LogP contribution in [0.1, 0.15) is 19.3 Å². The highest BCUT2D eigenvalue weighted by Crippen LogP contribution is 2.51. The van der Waals surface area contributed by atoms with Crippen molar-refractivity contribution in [2.45, 2.75) is 19.3 Å². The summed E-state index contributed by atoms with van der Waals surface area (Å²) in [5.74, 6) is -0.154. The number of hydrogen-bond acceptors (Lipinski definition) is 4. The van der Waals surface area contributed by atoms with Crippen LogP contribution in [0.3, 0.4) is 0 Å². The second kappa shape index (κ2) is 4.22. The molecule has 6 heteroatoms. The Hall–Kier alpha value is -0.380. The molecule has 0 atom stereocenters. The van der Waals surface area contributed by atoms with E-state index in [9.17, 15) is 9.36 Å². The van der Waals surface area contributed by atoms with Gasteiger partial charge in [-0.25, -0.2) is 9.24 Å². The first-order valence-electron chi connectivity index (χ1n) is 4.16. The van der Waals surface area contributed by atoms with Gasteiger partial charge in [-0.05, 0) is 12.8 Å². The molecule has 0 bridgehead atoms. The Labute approximate surface area is 77.6 Å². The molecule has 5 nitrogen and oxygen atoms in total. The van der Waals surface area contributed by atoms with E-state index in [4.69, 9.17) is 9.05 Å². The maximum Gasteiger partial charge on any atom is 0.436 e. The fraction of sp³-hybridized carbons (Fsp3) is 0.857. The molecule has 13 heavy (non-hydrogen) atoms. The Morgan fingerprint density at radius 2 is 1.92 bits per heavy atom. The third-order valence-corrected chi connectivity index (χ3v) is 3.99. The fourth-order valence-corrected chi connectivity index (χ4v) is 2.63. The van der Waals surface area contributed by atoms with Gasteiger partial charge in [0.25, 0.3) is 0 Å². The lowest BCUT2D eigenvalue weighted by Gasteiger charge is -2.30. The predicted molar refractivity (Wildman–Crippen MR) is 47.2 cm³/mol. The van der Waals surface area contributed by atoms with E-state index in [0.717, 1.165) is 12.8 Å². The Morgan fingerprint density at radius 3 is 2.38 bits per heavy atom. The van der Waals surface area contributed by atoms with Crippen molar-refractivity contribution in [3.63, 3.8) is 0 Å². The summed E-state index contributed by atoms with van der Waals surface area (Å²) in [7, 11) is -0.761. The Kier molecular flexibility index (Phi) is 3.47. The first-order chi connectivity index (χ1) is 6.14. The van der Waals surface area contributed by atoms with Crippen LogP contribution in [0.25, 0.3) is 0 Å². The molecule has 0 aliphatic carbocycles. The first-order valence-corrected chi connectivity index (χ1v) is 5.66. The third kappa shape index (κ3) is 2.10. The van der Waals surface area contributed by atoms with E-state index in [1.54, 1.807) is 0 Å². The van der Waals surface area contributed by atoms with E-state index < -0.39 is 7.75 Å². The average molecular weight is 207 g/mol. The molecule has 0 radical (unpaired) electrons. The molecule has 0 spiro atoms. The quantitative estimate of drug-likeness (QED) is 0.656.